The Morgan fingerprint density at radius 1 is 1.19 bits per heavy atom. The summed E-state index contributed by atoms with van der Waals surface area (Å²) in [5, 5.41) is 0. The third-order valence-corrected chi connectivity index (χ3v) is 3.97. The molecule has 0 aliphatic carbocycles. The Morgan fingerprint density at radius 3 is 2.29 bits per heavy atom. The van der Waals surface area contributed by atoms with Gasteiger partial charge in [-0.15, -0.1) is 5.92 Å². The van der Waals surface area contributed by atoms with Gasteiger partial charge in [-0.1, -0.05) is 58.2 Å². The average Bonchev–Trinajstić information content (AvgIpc) is 2.38. The largest absolute Gasteiger partial charge is 0.493 e. The quantitative estimate of drug-likeness (QED) is 0.668. The molecule has 0 spiro atoms. The topological polar surface area (TPSA) is 9.23 Å². The third-order valence-electron chi connectivity index (χ3n) is 3.97. The molecule has 2 unspecified atom stereocenters. The highest BCUT2D eigenvalue weighted by atomic mass is 16.5. The molecule has 1 heteroatoms. The van der Waals surface area contributed by atoms with Gasteiger partial charge >= 0.3 is 0 Å². The molecule has 0 N–H and O–H groups in total. The van der Waals surface area contributed by atoms with E-state index in [4.69, 9.17) is 4.74 Å². The molecule has 0 aliphatic rings. The van der Waals surface area contributed by atoms with E-state index < -0.39 is 0 Å². The molecule has 1 nitrogen and oxygen atoms in total. The van der Waals surface area contributed by atoms with Gasteiger partial charge in [0, 0.05) is 11.5 Å². The summed E-state index contributed by atoms with van der Waals surface area (Å²) in [6.45, 7) is 18.0. The van der Waals surface area contributed by atoms with Crippen LogP contribution in [0.3, 0.4) is 0 Å². The fraction of sp³-hybridized carbons (Fsp3) is 0.600. The predicted octanol–water partition coefficient (Wildman–Crippen LogP) is 5.45. The highest BCUT2D eigenvalue weighted by Crippen LogP contribution is 2.40. The SMILES string of the molecule is CC#CC(C)C(C)c1cc(C)cc(C(C)(C)C)c1OCC. The maximum atomic E-state index is 6.05. The van der Waals surface area contributed by atoms with Gasteiger partial charge in [-0.05, 0) is 37.7 Å². The first-order chi connectivity index (χ1) is 9.72. The normalized spacial score (nSPS) is 14.1. The van der Waals surface area contributed by atoms with Crippen LogP contribution in [0.4, 0.5) is 0 Å². The molecule has 0 saturated carbocycles. The number of benzene rings is 1. The van der Waals surface area contributed by atoms with E-state index in [0.717, 1.165) is 5.75 Å². The lowest BCUT2D eigenvalue weighted by atomic mass is 9.80. The predicted molar refractivity (Wildman–Crippen MR) is 92.1 cm³/mol. The molecule has 2 atom stereocenters. The van der Waals surface area contributed by atoms with Gasteiger partial charge in [-0.25, -0.2) is 0 Å². The summed E-state index contributed by atoms with van der Waals surface area (Å²) in [6, 6.07) is 4.52. The van der Waals surface area contributed by atoms with Crippen molar-refractivity contribution in [3.8, 4) is 17.6 Å². The van der Waals surface area contributed by atoms with Crippen LogP contribution in [0.2, 0.25) is 0 Å². The van der Waals surface area contributed by atoms with Gasteiger partial charge in [0.2, 0.25) is 0 Å². The summed E-state index contributed by atoms with van der Waals surface area (Å²) in [7, 11) is 0. The first-order valence-corrected chi connectivity index (χ1v) is 7.92. The molecule has 21 heavy (non-hydrogen) atoms. The van der Waals surface area contributed by atoms with Gasteiger partial charge in [0.1, 0.15) is 5.75 Å². The second-order valence-corrected chi connectivity index (χ2v) is 6.89. The van der Waals surface area contributed by atoms with Crippen LogP contribution in [-0.4, -0.2) is 6.61 Å². The second kappa shape index (κ2) is 7.03. The molecule has 0 bridgehead atoms. The highest BCUT2D eigenvalue weighted by molar-refractivity contribution is 5.49. The minimum atomic E-state index is 0.0741. The van der Waals surface area contributed by atoms with Gasteiger partial charge in [-0.2, -0.15) is 0 Å². The van der Waals surface area contributed by atoms with Crippen LogP contribution in [0, 0.1) is 24.7 Å². The number of hydrogen-bond acceptors (Lipinski definition) is 1. The zero-order chi connectivity index (χ0) is 16.2. The Bertz CT molecular complexity index is 537. The fourth-order valence-electron chi connectivity index (χ4n) is 2.62. The monoisotopic (exact) mass is 286 g/mol. The maximum absolute atomic E-state index is 6.05. The van der Waals surface area contributed by atoms with E-state index in [1.807, 2.05) is 6.92 Å². The Balaban J connectivity index is 3.48. The molecule has 0 heterocycles. The number of rotatable bonds is 4. The minimum absolute atomic E-state index is 0.0741. The molecule has 116 valence electrons. The smallest absolute Gasteiger partial charge is 0.126 e. The highest BCUT2D eigenvalue weighted by Gasteiger charge is 2.25. The average molecular weight is 286 g/mol. The molecule has 1 aromatic rings. The maximum Gasteiger partial charge on any atom is 0.126 e. The molecule has 0 radical (unpaired) electrons. The van der Waals surface area contributed by atoms with Crippen LogP contribution in [0.1, 0.15) is 71.1 Å². The summed E-state index contributed by atoms with van der Waals surface area (Å²) in [4.78, 5) is 0. The number of ether oxygens (including phenoxy) is 1. The van der Waals surface area contributed by atoms with Crippen LogP contribution in [0.15, 0.2) is 12.1 Å². The lowest BCUT2D eigenvalue weighted by Crippen LogP contribution is -2.17. The van der Waals surface area contributed by atoms with Crippen molar-refractivity contribution < 1.29 is 4.74 Å². The fourth-order valence-corrected chi connectivity index (χ4v) is 2.62. The van der Waals surface area contributed by atoms with Crippen molar-refractivity contribution >= 4 is 0 Å². The molecular weight excluding hydrogens is 256 g/mol. The molecule has 0 amide bonds. The van der Waals surface area contributed by atoms with Gasteiger partial charge in [0.15, 0.2) is 0 Å². The van der Waals surface area contributed by atoms with Crippen molar-refractivity contribution in [3.05, 3.63) is 28.8 Å². The number of aryl methyl sites for hydroxylation is 1. The van der Waals surface area contributed by atoms with Crippen LogP contribution in [0.5, 0.6) is 5.75 Å². The standard InChI is InChI=1S/C20H30O/c1-9-11-15(4)16(5)17-12-14(3)13-18(20(6,7)8)19(17)21-10-2/h12-13,15-16H,10H2,1-8H3. The van der Waals surface area contributed by atoms with Crippen molar-refractivity contribution in [3.63, 3.8) is 0 Å². The van der Waals surface area contributed by atoms with Crippen molar-refractivity contribution in [1.29, 1.82) is 0 Å². The van der Waals surface area contributed by atoms with E-state index in [-0.39, 0.29) is 5.41 Å². The van der Waals surface area contributed by atoms with Crippen LogP contribution < -0.4 is 4.74 Å². The molecule has 1 rings (SSSR count). The Labute approximate surface area is 131 Å². The first kappa shape index (κ1) is 17.6. The summed E-state index contributed by atoms with van der Waals surface area (Å²) in [5.41, 5.74) is 3.95. The zero-order valence-electron chi connectivity index (χ0n) is 14.9. The lowest BCUT2D eigenvalue weighted by molar-refractivity contribution is 0.322. The Hall–Kier alpha value is -1.42. The number of hydrogen-bond donors (Lipinski definition) is 0. The van der Waals surface area contributed by atoms with Crippen molar-refractivity contribution in [2.24, 2.45) is 5.92 Å². The molecule has 1 aromatic carbocycles. The molecule has 0 aliphatic heterocycles. The third kappa shape index (κ3) is 4.27. The first-order valence-electron chi connectivity index (χ1n) is 7.92. The summed E-state index contributed by atoms with van der Waals surface area (Å²) < 4.78 is 6.05. The minimum Gasteiger partial charge on any atom is -0.493 e. The van der Waals surface area contributed by atoms with Gasteiger partial charge < -0.3 is 4.74 Å². The van der Waals surface area contributed by atoms with Crippen molar-refractivity contribution in [1.82, 2.24) is 0 Å². The van der Waals surface area contributed by atoms with Crippen LogP contribution in [0.25, 0.3) is 0 Å². The Morgan fingerprint density at radius 2 is 1.81 bits per heavy atom. The van der Waals surface area contributed by atoms with Crippen LogP contribution >= 0.6 is 0 Å². The lowest BCUT2D eigenvalue weighted by Gasteiger charge is -2.28. The van der Waals surface area contributed by atoms with E-state index >= 15 is 0 Å². The van der Waals surface area contributed by atoms with E-state index in [9.17, 15) is 0 Å². The zero-order valence-corrected chi connectivity index (χ0v) is 14.9. The second-order valence-electron chi connectivity index (χ2n) is 6.89. The summed E-state index contributed by atoms with van der Waals surface area (Å²) in [5.74, 6) is 8.07. The van der Waals surface area contributed by atoms with Crippen molar-refractivity contribution in [2.75, 3.05) is 6.61 Å². The van der Waals surface area contributed by atoms with E-state index in [0.29, 0.717) is 18.4 Å². The van der Waals surface area contributed by atoms with Gasteiger partial charge in [0.25, 0.3) is 0 Å². The molecular formula is C20H30O. The Kier molecular flexibility index (Phi) is 5.90. The molecule has 0 saturated heterocycles. The van der Waals surface area contributed by atoms with Gasteiger partial charge in [0.05, 0.1) is 6.61 Å². The van der Waals surface area contributed by atoms with Crippen LogP contribution in [-0.2, 0) is 5.41 Å². The van der Waals surface area contributed by atoms with Gasteiger partial charge in [-0.3, -0.25) is 0 Å². The molecule has 0 fully saturated rings. The van der Waals surface area contributed by atoms with Crippen molar-refractivity contribution in [2.45, 2.75) is 66.7 Å². The van der Waals surface area contributed by atoms with E-state index in [1.54, 1.807) is 0 Å². The molecule has 0 aromatic heterocycles. The summed E-state index contributed by atoms with van der Waals surface area (Å²) in [6.07, 6.45) is 0. The van der Waals surface area contributed by atoms with E-state index in [1.165, 1.54) is 16.7 Å². The van der Waals surface area contributed by atoms with E-state index in [2.05, 4.69) is 72.4 Å². The summed E-state index contributed by atoms with van der Waals surface area (Å²) >= 11 is 0.